The highest BCUT2D eigenvalue weighted by Crippen LogP contribution is 2.87. The third-order valence-electron chi connectivity index (χ3n) is 10.4. The molecule has 0 spiro atoms. The molecule has 128 valence electrons. The summed E-state index contributed by atoms with van der Waals surface area (Å²) >= 11 is 0. The topological polar surface area (TPSA) is 0 Å². The molecule has 8 atom stereocenters. The predicted octanol–water partition coefficient (Wildman–Crippen LogP) is 6.21. The van der Waals surface area contributed by atoms with Crippen LogP contribution in [0.3, 0.4) is 0 Å². The van der Waals surface area contributed by atoms with Crippen LogP contribution in [0.4, 0.5) is 0 Å². The molecule has 8 bridgehead atoms. The van der Waals surface area contributed by atoms with E-state index in [1.807, 2.05) is 0 Å². The second-order valence-corrected chi connectivity index (χ2v) is 11.8. The fraction of sp³-hybridized carbons (Fsp3) is 0.750. The van der Waals surface area contributed by atoms with Crippen molar-refractivity contribution >= 4 is 0 Å². The lowest BCUT2D eigenvalue weighted by atomic mass is 9.19. The first kappa shape index (κ1) is 14.4. The zero-order valence-corrected chi connectivity index (χ0v) is 15.9. The van der Waals surface area contributed by atoms with Crippen LogP contribution in [-0.2, 0) is 5.41 Å². The van der Waals surface area contributed by atoms with Crippen LogP contribution < -0.4 is 0 Å². The highest BCUT2D eigenvalue weighted by Gasteiger charge is 2.81. The van der Waals surface area contributed by atoms with Gasteiger partial charge in [0.2, 0.25) is 0 Å². The largest absolute Gasteiger partial charge is 0.0622 e. The molecule has 0 nitrogen and oxygen atoms in total. The number of hydrogen-bond donors (Lipinski definition) is 0. The average molecular weight is 321 g/mol. The Hall–Kier alpha value is -0.780. The fourth-order valence-corrected chi connectivity index (χ4v) is 10.2. The number of hydrogen-bond acceptors (Lipinski definition) is 0. The first-order chi connectivity index (χ1) is 11.2. The van der Waals surface area contributed by atoms with Crippen molar-refractivity contribution in [2.75, 3.05) is 0 Å². The molecule has 0 heteroatoms. The third-order valence-corrected chi connectivity index (χ3v) is 10.4. The average Bonchev–Trinajstić information content (AvgIpc) is 2.52. The summed E-state index contributed by atoms with van der Waals surface area (Å²) in [6.45, 7) is 10.7. The van der Waals surface area contributed by atoms with E-state index < -0.39 is 0 Å². The summed E-state index contributed by atoms with van der Waals surface area (Å²) in [5, 5.41) is 0. The SMILES string of the molecule is CC12CC3C4CC5(C)CC3(c3ccccc3)C(C1)C(C)(C5)C4(C)C2. The molecular weight excluding hydrogens is 288 g/mol. The maximum Gasteiger partial charge on any atom is 0.00233 e. The Bertz CT molecular complexity index is 736. The van der Waals surface area contributed by atoms with Crippen LogP contribution in [0, 0.1) is 39.4 Å². The zero-order chi connectivity index (χ0) is 16.6. The van der Waals surface area contributed by atoms with Gasteiger partial charge in [0, 0.05) is 5.41 Å². The molecule has 7 aliphatic rings. The molecule has 0 N–H and O–H groups in total. The Morgan fingerprint density at radius 3 is 2.12 bits per heavy atom. The van der Waals surface area contributed by atoms with Gasteiger partial charge in [0.1, 0.15) is 0 Å². The molecule has 0 aromatic heterocycles. The zero-order valence-electron chi connectivity index (χ0n) is 15.9. The van der Waals surface area contributed by atoms with Crippen LogP contribution in [0.15, 0.2) is 30.3 Å². The van der Waals surface area contributed by atoms with E-state index in [2.05, 4.69) is 58.0 Å². The Kier molecular flexibility index (Phi) is 2.20. The summed E-state index contributed by atoms with van der Waals surface area (Å²) in [7, 11) is 0. The van der Waals surface area contributed by atoms with Crippen molar-refractivity contribution in [2.45, 2.75) is 71.6 Å². The van der Waals surface area contributed by atoms with Gasteiger partial charge >= 0.3 is 0 Å². The molecule has 1 aromatic carbocycles. The van der Waals surface area contributed by atoms with Crippen molar-refractivity contribution in [1.82, 2.24) is 0 Å². The summed E-state index contributed by atoms with van der Waals surface area (Å²) in [5.41, 5.74) is 4.58. The molecule has 0 heterocycles. The van der Waals surface area contributed by atoms with E-state index in [1.165, 1.54) is 38.5 Å². The van der Waals surface area contributed by atoms with Crippen LogP contribution >= 0.6 is 0 Å². The molecule has 0 saturated heterocycles. The maximum absolute atomic E-state index is 2.72. The Balaban J connectivity index is 1.66. The maximum atomic E-state index is 2.72. The van der Waals surface area contributed by atoms with Crippen LogP contribution in [-0.4, -0.2) is 0 Å². The monoisotopic (exact) mass is 320 g/mol. The first-order valence-corrected chi connectivity index (χ1v) is 10.3. The van der Waals surface area contributed by atoms with Gasteiger partial charge in [-0.05, 0) is 83.5 Å². The Morgan fingerprint density at radius 2 is 1.38 bits per heavy atom. The van der Waals surface area contributed by atoms with E-state index >= 15 is 0 Å². The smallest absolute Gasteiger partial charge is 0.00233 e. The van der Waals surface area contributed by atoms with Gasteiger partial charge in [0.15, 0.2) is 0 Å². The second kappa shape index (κ2) is 3.67. The minimum Gasteiger partial charge on any atom is -0.0622 e. The summed E-state index contributed by atoms with van der Waals surface area (Å²) in [4.78, 5) is 0. The van der Waals surface area contributed by atoms with Gasteiger partial charge in [0.05, 0.1) is 0 Å². The highest BCUT2D eigenvalue weighted by molar-refractivity contribution is 5.40. The van der Waals surface area contributed by atoms with Crippen molar-refractivity contribution in [3.8, 4) is 0 Å². The van der Waals surface area contributed by atoms with Gasteiger partial charge in [-0.15, -0.1) is 0 Å². The molecule has 1 aromatic rings. The molecule has 0 aliphatic heterocycles. The molecule has 24 heavy (non-hydrogen) atoms. The highest BCUT2D eigenvalue weighted by atomic mass is 14.8. The predicted molar refractivity (Wildman–Crippen MR) is 98.7 cm³/mol. The van der Waals surface area contributed by atoms with Crippen molar-refractivity contribution in [3.05, 3.63) is 35.9 Å². The van der Waals surface area contributed by atoms with Crippen LogP contribution in [0.5, 0.6) is 0 Å². The van der Waals surface area contributed by atoms with E-state index in [9.17, 15) is 0 Å². The molecule has 7 saturated carbocycles. The van der Waals surface area contributed by atoms with E-state index in [0.717, 1.165) is 17.8 Å². The van der Waals surface area contributed by atoms with E-state index in [1.54, 1.807) is 5.56 Å². The van der Waals surface area contributed by atoms with Gasteiger partial charge in [0.25, 0.3) is 0 Å². The quantitative estimate of drug-likeness (QED) is 0.577. The third kappa shape index (κ3) is 1.25. The van der Waals surface area contributed by atoms with Crippen molar-refractivity contribution in [2.24, 2.45) is 39.4 Å². The van der Waals surface area contributed by atoms with Crippen molar-refractivity contribution in [1.29, 1.82) is 0 Å². The minimum atomic E-state index is 0.491. The van der Waals surface area contributed by atoms with E-state index in [-0.39, 0.29) is 0 Å². The number of benzene rings is 1. The first-order valence-electron chi connectivity index (χ1n) is 10.3. The van der Waals surface area contributed by atoms with E-state index in [0.29, 0.717) is 27.1 Å². The lowest BCUT2D eigenvalue weighted by molar-refractivity contribution is -0.342. The van der Waals surface area contributed by atoms with Gasteiger partial charge in [-0.1, -0.05) is 58.0 Å². The minimum absolute atomic E-state index is 0.491. The Labute approximate surface area is 147 Å². The summed E-state index contributed by atoms with van der Waals surface area (Å²) in [6, 6.07) is 11.8. The molecule has 7 aliphatic carbocycles. The number of rotatable bonds is 1. The lowest BCUT2D eigenvalue weighted by Crippen LogP contribution is -2.79. The van der Waals surface area contributed by atoms with Crippen LogP contribution in [0.25, 0.3) is 0 Å². The van der Waals surface area contributed by atoms with Gasteiger partial charge in [-0.25, -0.2) is 0 Å². The molecule has 0 amide bonds. The van der Waals surface area contributed by atoms with Gasteiger partial charge < -0.3 is 0 Å². The molecule has 0 radical (unpaired) electrons. The Morgan fingerprint density at radius 1 is 0.708 bits per heavy atom. The molecule has 8 unspecified atom stereocenters. The lowest BCUT2D eigenvalue weighted by Gasteiger charge is -2.85. The van der Waals surface area contributed by atoms with Gasteiger partial charge in [-0.3, -0.25) is 0 Å². The van der Waals surface area contributed by atoms with E-state index in [4.69, 9.17) is 0 Å². The molecular formula is C24H32. The van der Waals surface area contributed by atoms with Gasteiger partial charge in [-0.2, -0.15) is 0 Å². The van der Waals surface area contributed by atoms with Crippen molar-refractivity contribution < 1.29 is 0 Å². The summed E-state index contributed by atoms with van der Waals surface area (Å²) in [5.74, 6) is 2.84. The molecule has 7 fully saturated rings. The second-order valence-electron chi connectivity index (χ2n) is 11.8. The fourth-order valence-electron chi connectivity index (χ4n) is 10.2. The van der Waals surface area contributed by atoms with Crippen LogP contribution in [0.2, 0.25) is 0 Å². The summed E-state index contributed by atoms with van der Waals surface area (Å²) < 4.78 is 0. The normalized spacial score (nSPS) is 62.4. The standard InChI is InChI=1S/C24H32/c1-20-11-18-17-10-21(2)14-23(4,22(17,3)13-20)19(12-20)24(18,15-21)16-8-6-5-7-9-16/h5-9,17-19H,10-15H2,1-4H3. The summed E-state index contributed by atoms with van der Waals surface area (Å²) in [6.07, 6.45) is 8.99. The molecule has 8 rings (SSSR count). The van der Waals surface area contributed by atoms with Crippen LogP contribution in [0.1, 0.15) is 71.8 Å². The van der Waals surface area contributed by atoms with Crippen molar-refractivity contribution in [3.63, 3.8) is 0 Å².